The monoisotopic (exact) mass is 316 g/mol. The Kier molecular flexibility index (Phi) is 4.23. The minimum atomic E-state index is -0.433. The molecule has 2 rings (SSSR count). The van der Waals surface area contributed by atoms with Gasteiger partial charge in [0.1, 0.15) is 6.54 Å². The standard InChI is InChI=1S/C11H17BrN4O2/c12-7-5-16(15-11(7)13)6-10(18)14-8-3-1-2-4-9(8)17/h5,8-9,17H,1-4,6H2,(H2,13,15)(H,14,18)/t8-,9-/m0/s1. The van der Waals surface area contributed by atoms with Gasteiger partial charge in [-0.2, -0.15) is 5.10 Å². The summed E-state index contributed by atoms with van der Waals surface area (Å²) in [6, 6.07) is -0.136. The lowest BCUT2D eigenvalue weighted by Gasteiger charge is -2.28. The van der Waals surface area contributed by atoms with E-state index in [1.54, 1.807) is 6.20 Å². The Morgan fingerprint density at radius 3 is 2.94 bits per heavy atom. The molecule has 1 aliphatic carbocycles. The Labute approximate surface area is 114 Å². The SMILES string of the molecule is Nc1nn(CC(=O)N[C@H]2CCCC[C@@H]2O)cc1Br. The molecule has 1 heterocycles. The van der Waals surface area contributed by atoms with Crippen molar-refractivity contribution in [2.75, 3.05) is 5.73 Å². The largest absolute Gasteiger partial charge is 0.391 e. The predicted molar refractivity (Wildman–Crippen MR) is 70.7 cm³/mol. The van der Waals surface area contributed by atoms with Gasteiger partial charge in [-0.3, -0.25) is 9.48 Å². The van der Waals surface area contributed by atoms with Gasteiger partial charge in [-0.05, 0) is 28.8 Å². The number of halogens is 1. The molecule has 7 heteroatoms. The fourth-order valence-electron chi connectivity index (χ4n) is 2.17. The van der Waals surface area contributed by atoms with Crippen LogP contribution in [0.1, 0.15) is 25.7 Å². The Morgan fingerprint density at radius 1 is 1.61 bits per heavy atom. The number of rotatable bonds is 3. The number of hydrogen-bond donors (Lipinski definition) is 3. The van der Waals surface area contributed by atoms with Crippen molar-refractivity contribution in [1.82, 2.24) is 15.1 Å². The summed E-state index contributed by atoms with van der Waals surface area (Å²) in [6.07, 6.45) is 4.88. The summed E-state index contributed by atoms with van der Waals surface area (Å²) in [5.41, 5.74) is 5.57. The predicted octanol–water partition coefficient (Wildman–Crippen LogP) is 0.647. The zero-order valence-electron chi connectivity index (χ0n) is 9.97. The van der Waals surface area contributed by atoms with Crippen molar-refractivity contribution in [3.63, 3.8) is 0 Å². The van der Waals surface area contributed by atoms with Gasteiger partial charge >= 0.3 is 0 Å². The van der Waals surface area contributed by atoms with E-state index in [-0.39, 0.29) is 18.5 Å². The number of hydrogen-bond acceptors (Lipinski definition) is 4. The average Bonchev–Trinajstić information content (AvgIpc) is 2.61. The smallest absolute Gasteiger partial charge is 0.242 e. The molecule has 0 saturated heterocycles. The molecule has 6 nitrogen and oxygen atoms in total. The summed E-state index contributed by atoms with van der Waals surface area (Å²) in [5, 5.41) is 16.6. The normalized spacial score (nSPS) is 23.9. The Hall–Kier alpha value is -1.08. The third-order valence-electron chi connectivity index (χ3n) is 3.12. The summed E-state index contributed by atoms with van der Waals surface area (Å²) in [7, 11) is 0. The van der Waals surface area contributed by atoms with Crippen LogP contribution in [-0.2, 0) is 11.3 Å². The second-order valence-electron chi connectivity index (χ2n) is 4.59. The fourth-order valence-corrected chi connectivity index (χ4v) is 2.49. The molecule has 0 radical (unpaired) electrons. The molecule has 0 bridgehead atoms. The van der Waals surface area contributed by atoms with E-state index in [9.17, 15) is 9.90 Å². The van der Waals surface area contributed by atoms with E-state index in [0.29, 0.717) is 10.3 Å². The first-order valence-electron chi connectivity index (χ1n) is 6.02. The van der Waals surface area contributed by atoms with Gasteiger partial charge in [0.25, 0.3) is 0 Å². The summed E-state index contributed by atoms with van der Waals surface area (Å²) < 4.78 is 2.15. The van der Waals surface area contributed by atoms with Gasteiger partial charge in [-0.15, -0.1) is 0 Å². The molecule has 0 spiro atoms. The van der Waals surface area contributed by atoms with Crippen LogP contribution in [0.2, 0.25) is 0 Å². The van der Waals surface area contributed by atoms with Crippen molar-refractivity contribution in [2.24, 2.45) is 0 Å². The van der Waals surface area contributed by atoms with Gasteiger partial charge in [0, 0.05) is 6.20 Å². The Morgan fingerprint density at radius 2 is 2.33 bits per heavy atom. The molecule has 0 aromatic carbocycles. The summed E-state index contributed by atoms with van der Waals surface area (Å²) in [6.45, 7) is 0.110. The number of carbonyl (C=O) groups excluding carboxylic acids is 1. The molecule has 100 valence electrons. The highest BCUT2D eigenvalue weighted by Gasteiger charge is 2.24. The Balaban J connectivity index is 1.88. The van der Waals surface area contributed by atoms with Crippen LogP contribution in [0, 0.1) is 0 Å². The van der Waals surface area contributed by atoms with Crippen LogP contribution in [0.5, 0.6) is 0 Å². The van der Waals surface area contributed by atoms with Crippen LogP contribution in [-0.4, -0.2) is 32.9 Å². The zero-order chi connectivity index (χ0) is 13.1. The van der Waals surface area contributed by atoms with Gasteiger partial charge in [0.2, 0.25) is 5.91 Å². The number of aliphatic hydroxyl groups is 1. The van der Waals surface area contributed by atoms with Gasteiger partial charge in [0.15, 0.2) is 5.82 Å². The second kappa shape index (κ2) is 5.71. The minimum absolute atomic E-state index is 0.110. The minimum Gasteiger partial charge on any atom is -0.391 e. The molecular weight excluding hydrogens is 300 g/mol. The molecule has 1 saturated carbocycles. The van der Waals surface area contributed by atoms with Gasteiger partial charge < -0.3 is 16.2 Å². The number of carbonyl (C=O) groups is 1. The highest BCUT2D eigenvalue weighted by Crippen LogP contribution is 2.19. The van der Waals surface area contributed by atoms with E-state index in [4.69, 9.17) is 5.73 Å². The highest BCUT2D eigenvalue weighted by molar-refractivity contribution is 9.10. The number of aliphatic hydroxyl groups excluding tert-OH is 1. The molecule has 0 aliphatic heterocycles. The first-order chi connectivity index (χ1) is 8.56. The van der Waals surface area contributed by atoms with Gasteiger partial charge in [-0.1, -0.05) is 12.8 Å². The topological polar surface area (TPSA) is 93.2 Å². The molecule has 1 aromatic rings. The van der Waals surface area contributed by atoms with Crippen molar-refractivity contribution in [3.8, 4) is 0 Å². The van der Waals surface area contributed by atoms with Crippen LogP contribution >= 0.6 is 15.9 Å². The van der Waals surface area contributed by atoms with Crippen molar-refractivity contribution >= 4 is 27.7 Å². The van der Waals surface area contributed by atoms with E-state index >= 15 is 0 Å². The zero-order valence-corrected chi connectivity index (χ0v) is 11.6. The lowest BCUT2D eigenvalue weighted by atomic mass is 9.92. The van der Waals surface area contributed by atoms with E-state index in [1.807, 2.05) is 0 Å². The first kappa shape index (κ1) is 13.4. The number of anilines is 1. The van der Waals surface area contributed by atoms with E-state index < -0.39 is 6.10 Å². The van der Waals surface area contributed by atoms with Crippen molar-refractivity contribution in [2.45, 2.75) is 44.4 Å². The molecular formula is C11H17BrN4O2. The second-order valence-corrected chi connectivity index (χ2v) is 5.44. The van der Waals surface area contributed by atoms with Crippen molar-refractivity contribution in [3.05, 3.63) is 10.7 Å². The van der Waals surface area contributed by atoms with Gasteiger partial charge in [0.05, 0.1) is 16.6 Å². The lowest BCUT2D eigenvalue weighted by Crippen LogP contribution is -2.46. The molecule has 1 amide bonds. The molecule has 18 heavy (non-hydrogen) atoms. The first-order valence-corrected chi connectivity index (χ1v) is 6.81. The molecule has 1 aromatic heterocycles. The summed E-state index contributed by atoms with van der Waals surface area (Å²) in [4.78, 5) is 11.8. The Bertz CT molecular complexity index is 415. The number of nitrogens with two attached hydrogens (primary N) is 1. The number of nitrogens with one attached hydrogen (secondary N) is 1. The molecule has 2 atom stereocenters. The molecule has 0 unspecified atom stereocenters. The van der Waals surface area contributed by atoms with E-state index in [0.717, 1.165) is 25.7 Å². The third-order valence-corrected chi connectivity index (χ3v) is 3.74. The molecule has 1 aliphatic rings. The van der Waals surface area contributed by atoms with E-state index in [1.165, 1.54) is 4.68 Å². The van der Waals surface area contributed by atoms with Crippen molar-refractivity contribution < 1.29 is 9.90 Å². The van der Waals surface area contributed by atoms with Crippen LogP contribution in [0.4, 0.5) is 5.82 Å². The maximum absolute atomic E-state index is 11.8. The summed E-state index contributed by atoms with van der Waals surface area (Å²) >= 11 is 3.23. The number of nitrogens with zero attached hydrogens (tertiary/aromatic N) is 2. The highest BCUT2D eigenvalue weighted by atomic mass is 79.9. The van der Waals surface area contributed by atoms with E-state index in [2.05, 4.69) is 26.3 Å². The maximum Gasteiger partial charge on any atom is 0.242 e. The van der Waals surface area contributed by atoms with Crippen LogP contribution in [0.15, 0.2) is 10.7 Å². The number of nitrogen functional groups attached to an aromatic ring is 1. The van der Waals surface area contributed by atoms with Crippen LogP contribution in [0.25, 0.3) is 0 Å². The number of amides is 1. The quantitative estimate of drug-likeness (QED) is 0.763. The molecule has 1 fully saturated rings. The average molecular weight is 317 g/mol. The number of aromatic nitrogens is 2. The lowest BCUT2D eigenvalue weighted by molar-refractivity contribution is -0.123. The molecule has 4 N–H and O–H groups in total. The third kappa shape index (κ3) is 3.23. The fraction of sp³-hybridized carbons (Fsp3) is 0.636. The summed E-state index contributed by atoms with van der Waals surface area (Å²) in [5.74, 6) is 0.205. The van der Waals surface area contributed by atoms with Crippen LogP contribution in [0.3, 0.4) is 0 Å². The van der Waals surface area contributed by atoms with Crippen molar-refractivity contribution in [1.29, 1.82) is 0 Å². The van der Waals surface area contributed by atoms with Crippen LogP contribution < -0.4 is 11.1 Å². The van der Waals surface area contributed by atoms with Gasteiger partial charge in [-0.25, -0.2) is 0 Å². The maximum atomic E-state index is 11.8.